The lowest BCUT2D eigenvalue weighted by atomic mass is 10.1. The van der Waals surface area contributed by atoms with Gasteiger partial charge in [0.1, 0.15) is 5.82 Å². The first-order chi connectivity index (χ1) is 15.0. The molecule has 0 saturated carbocycles. The molecule has 1 aromatic heterocycles. The minimum Gasteiger partial charge on any atom is -0.363 e. The number of rotatable bonds is 5. The quantitative estimate of drug-likeness (QED) is 0.368. The fraction of sp³-hybridized carbons (Fsp3) is 0.174. The third-order valence-electron chi connectivity index (χ3n) is 4.54. The Hall–Kier alpha value is -3.39. The van der Waals surface area contributed by atoms with E-state index in [1.54, 1.807) is 62.6 Å². The number of benzene rings is 2. The summed E-state index contributed by atoms with van der Waals surface area (Å²) < 4.78 is 40.0. The van der Waals surface area contributed by atoms with Crippen molar-refractivity contribution in [1.29, 1.82) is 0 Å². The van der Waals surface area contributed by atoms with Gasteiger partial charge in [0.2, 0.25) is 0 Å². The van der Waals surface area contributed by atoms with Crippen molar-refractivity contribution in [1.82, 2.24) is 9.99 Å². The maximum Gasteiger partial charge on any atom is 0.416 e. The maximum atomic E-state index is 13.3. The zero-order chi connectivity index (χ0) is 23.5. The van der Waals surface area contributed by atoms with Crippen LogP contribution in [0.4, 0.5) is 19.0 Å². The van der Waals surface area contributed by atoms with Gasteiger partial charge in [-0.2, -0.15) is 18.3 Å². The number of hydrogen-bond acceptors (Lipinski definition) is 4. The normalized spacial score (nSPS) is 11.6. The maximum absolute atomic E-state index is 13.3. The number of anilines is 1. The predicted molar refractivity (Wildman–Crippen MR) is 120 cm³/mol. The van der Waals surface area contributed by atoms with E-state index in [9.17, 15) is 18.0 Å². The van der Waals surface area contributed by atoms with Crippen LogP contribution in [-0.2, 0) is 6.18 Å². The van der Waals surface area contributed by atoms with Crippen LogP contribution in [0.25, 0.3) is 11.3 Å². The number of nitrogens with zero attached hydrogens (tertiary/aromatic N) is 4. The van der Waals surface area contributed by atoms with Crippen molar-refractivity contribution in [2.24, 2.45) is 5.10 Å². The Bertz CT molecular complexity index is 1140. The third-order valence-corrected chi connectivity index (χ3v) is 4.80. The van der Waals surface area contributed by atoms with Crippen LogP contribution in [0.15, 0.2) is 65.8 Å². The Balaban J connectivity index is 1.87. The van der Waals surface area contributed by atoms with Crippen molar-refractivity contribution in [3.8, 4) is 11.3 Å². The number of halogens is 4. The van der Waals surface area contributed by atoms with Crippen molar-refractivity contribution < 1.29 is 18.0 Å². The van der Waals surface area contributed by atoms with E-state index in [-0.39, 0.29) is 17.4 Å². The van der Waals surface area contributed by atoms with E-state index in [4.69, 9.17) is 11.6 Å². The standard InChI is InChI=1S/C23H20ClF3N4O/c1-30(2)21-13-18(23(25,26)27)12-20(29-21)17-6-4-5-15(11-17)14-28-31(3)22(32)16-7-9-19(24)10-8-16/h4-14H,1-3H3/b28-14-. The van der Waals surface area contributed by atoms with E-state index in [2.05, 4.69) is 10.1 Å². The molecule has 3 aromatic rings. The topological polar surface area (TPSA) is 48.8 Å². The van der Waals surface area contributed by atoms with Crippen molar-refractivity contribution >= 4 is 29.5 Å². The number of pyridine rings is 1. The van der Waals surface area contributed by atoms with Crippen molar-refractivity contribution in [2.75, 3.05) is 26.0 Å². The smallest absolute Gasteiger partial charge is 0.363 e. The second-order valence-electron chi connectivity index (χ2n) is 7.20. The summed E-state index contributed by atoms with van der Waals surface area (Å²) in [6, 6.07) is 15.2. The van der Waals surface area contributed by atoms with Crippen LogP contribution < -0.4 is 4.90 Å². The lowest BCUT2D eigenvalue weighted by molar-refractivity contribution is -0.137. The summed E-state index contributed by atoms with van der Waals surface area (Å²) >= 11 is 5.84. The Labute approximate surface area is 188 Å². The number of aromatic nitrogens is 1. The highest BCUT2D eigenvalue weighted by molar-refractivity contribution is 6.30. The van der Waals surface area contributed by atoms with Gasteiger partial charge in [-0.15, -0.1) is 0 Å². The molecule has 2 aromatic carbocycles. The molecule has 0 aliphatic heterocycles. The summed E-state index contributed by atoms with van der Waals surface area (Å²) in [6.45, 7) is 0. The fourth-order valence-corrected chi connectivity index (χ4v) is 2.95. The van der Waals surface area contributed by atoms with Crippen LogP contribution in [0.2, 0.25) is 5.02 Å². The van der Waals surface area contributed by atoms with E-state index in [1.165, 1.54) is 23.2 Å². The molecule has 0 fully saturated rings. The number of alkyl halides is 3. The lowest BCUT2D eigenvalue weighted by Crippen LogP contribution is -2.21. The summed E-state index contributed by atoms with van der Waals surface area (Å²) in [5, 5.41) is 5.84. The molecule has 5 nitrogen and oxygen atoms in total. The van der Waals surface area contributed by atoms with Crippen LogP contribution in [-0.4, -0.2) is 43.3 Å². The van der Waals surface area contributed by atoms with E-state index in [1.807, 2.05) is 0 Å². The Morgan fingerprint density at radius 2 is 1.72 bits per heavy atom. The molecule has 0 radical (unpaired) electrons. The SMILES string of the molecule is CN(/N=C\c1cccc(-c2cc(C(F)(F)F)cc(N(C)C)n2)c1)C(=O)c1ccc(Cl)cc1. The lowest BCUT2D eigenvalue weighted by Gasteiger charge is -2.16. The largest absolute Gasteiger partial charge is 0.416 e. The molecular formula is C23H20ClF3N4O. The molecule has 0 spiro atoms. The average Bonchev–Trinajstić information content (AvgIpc) is 2.76. The van der Waals surface area contributed by atoms with Gasteiger partial charge >= 0.3 is 6.18 Å². The number of carbonyl (C=O) groups is 1. The highest BCUT2D eigenvalue weighted by Crippen LogP contribution is 2.34. The monoisotopic (exact) mass is 460 g/mol. The van der Waals surface area contributed by atoms with Crippen molar-refractivity contribution in [3.05, 3.63) is 82.4 Å². The highest BCUT2D eigenvalue weighted by atomic mass is 35.5. The van der Waals surface area contributed by atoms with Crippen molar-refractivity contribution in [2.45, 2.75) is 6.18 Å². The van der Waals surface area contributed by atoms with Gasteiger partial charge in [0.05, 0.1) is 17.5 Å². The van der Waals surface area contributed by atoms with Gasteiger partial charge in [-0.25, -0.2) is 9.99 Å². The zero-order valence-electron chi connectivity index (χ0n) is 17.6. The molecule has 3 rings (SSSR count). The molecule has 9 heteroatoms. The average molecular weight is 461 g/mol. The molecule has 1 heterocycles. The summed E-state index contributed by atoms with van der Waals surface area (Å²) in [5.41, 5.74) is 0.925. The van der Waals surface area contributed by atoms with E-state index >= 15 is 0 Å². The van der Waals surface area contributed by atoms with Crippen LogP contribution in [0.5, 0.6) is 0 Å². The fourth-order valence-electron chi connectivity index (χ4n) is 2.82. The molecule has 0 saturated heterocycles. The van der Waals surface area contributed by atoms with E-state index < -0.39 is 11.7 Å². The van der Waals surface area contributed by atoms with Gasteiger partial charge in [-0.05, 0) is 48.0 Å². The van der Waals surface area contributed by atoms with Gasteiger partial charge in [0.25, 0.3) is 5.91 Å². The summed E-state index contributed by atoms with van der Waals surface area (Å²) in [5.74, 6) is -0.133. The Morgan fingerprint density at radius 1 is 1.03 bits per heavy atom. The van der Waals surface area contributed by atoms with Crippen LogP contribution in [0, 0.1) is 0 Å². The highest BCUT2D eigenvalue weighted by Gasteiger charge is 2.32. The summed E-state index contributed by atoms with van der Waals surface area (Å²) in [7, 11) is 4.76. The molecule has 1 amide bonds. The molecule has 0 N–H and O–H groups in total. The third kappa shape index (κ3) is 5.64. The minimum atomic E-state index is -4.49. The van der Waals surface area contributed by atoms with Crippen molar-refractivity contribution in [3.63, 3.8) is 0 Å². The first kappa shape index (κ1) is 23.3. The van der Waals surface area contributed by atoms with Crippen LogP contribution >= 0.6 is 11.6 Å². The Kier molecular flexibility index (Phi) is 6.84. The number of carbonyl (C=O) groups excluding carboxylic acids is 1. The number of amides is 1. The second kappa shape index (κ2) is 9.40. The first-order valence-corrected chi connectivity index (χ1v) is 9.87. The van der Waals surface area contributed by atoms with Gasteiger partial charge < -0.3 is 4.90 Å². The second-order valence-corrected chi connectivity index (χ2v) is 7.63. The summed E-state index contributed by atoms with van der Waals surface area (Å²) in [4.78, 5) is 18.3. The van der Waals surface area contributed by atoms with E-state index in [0.29, 0.717) is 21.7 Å². The van der Waals surface area contributed by atoms with Gasteiger partial charge in [0, 0.05) is 37.3 Å². The van der Waals surface area contributed by atoms with Gasteiger partial charge in [-0.1, -0.05) is 29.8 Å². The molecule has 0 aliphatic carbocycles. The predicted octanol–water partition coefficient (Wildman–Crippen LogP) is 5.59. The van der Waals surface area contributed by atoms with Gasteiger partial charge in [0.15, 0.2) is 0 Å². The molecule has 0 unspecified atom stereocenters. The molecule has 0 atom stereocenters. The molecular weight excluding hydrogens is 441 g/mol. The molecule has 166 valence electrons. The molecule has 0 bridgehead atoms. The number of hydrazone groups is 1. The van der Waals surface area contributed by atoms with Crippen LogP contribution in [0.3, 0.4) is 0 Å². The van der Waals surface area contributed by atoms with Gasteiger partial charge in [-0.3, -0.25) is 4.79 Å². The minimum absolute atomic E-state index is 0.185. The van der Waals surface area contributed by atoms with E-state index in [0.717, 1.165) is 12.1 Å². The molecule has 0 aliphatic rings. The Morgan fingerprint density at radius 3 is 2.34 bits per heavy atom. The zero-order valence-corrected chi connectivity index (χ0v) is 18.3. The molecule has 32 heavy (non-hydrogen) atoms. The first-order valence-electron chi connectivity index (χ1n) is 9.49. The summed E-state index contributed by atoms with van der Waals surface area (Å²) in [6.07, 6.45) is -3.04. The van der Waals surface area contributed by atoms with Crippen LogP contribution in [0.1, 0.15) is 21.5 Å². The number of hydrogen-bond donors (Lipinski definition) is 0.